The van der Waals surface area contributed by atoms with Gasteiger partial charge in [0.25, 0.3) is 5.91 Å². The van der Waals surface area contributed by atoms with Crippen LogP contribution in [0, 0.1) is 11.7 Å². The SMILES string of the molecule is Cn1nc(-c2ncc(C(=O)NC3CCC(C(C)(C)O)CC3)cn2)c2cc(F)ccc21. The largest absolute Gasteiger partial charge is 0.390 e. The van der Waals surface area contributed by atoms with E-state index >= 15 is 0 Å². The summed E-state index contributed by atoms with van der Waals surface area (Å²) in [5.41, 5.74) is 0.939. The van der Waals surface area contributed by atoms with Crippen LogP contribution in [0.1, 0.15) is 49.9 Å². The van der Waals surface area contributed by atoms with E-state index < -0.39 is 5.60 Å². The van der Waals surface area contributed by atoms with E-state index in [0.717, 1.165) is 31.2 Å². The van der Waals surface area contributed by atoms with E-state index in [1.54, 1.807) is 17.8 Å². The monoisotopic (exact) mass is 411 g/mol. The third-order valence-corrected chi connectivity index (χ3v) is 6.00. The summed E-state index contributed by atoms with van der Waals surface area (Å²) in [4.78, 5) is 21.2. The highest BCUT2D eigenvalue weighted by atomic mass is 19.1. The summed E-state index contributed by atoms with van der Waals surface area (Å²) < 4.78 is 15.3. The maximum Gasteiger partial charge on any atom is 0.254 e. The molecule has 0 atom stereocenters. The summed E-state index contributed by atoms with van der Waals surface area (Å²) in [6.07, 6.45) is 6.38. The van der Waals surface area contributed by atoms with Gasteiger partial charge in [-0.25, -0.2) is 14.4 Å². The standard InChI is InChI=1S/C22H26FN5O2/c1-22(2,30)14-4-7-16(8-5-14)26-21(29)13-11-24-20(25-12-13)19-17-10-15(23)6-9-18(17)28(3)27-19/h6,9-12,14,16,30H,4-5,7-8H2,1-3H3,(H,26,29). The Hall–Kier alpha value is -2.87. The number of nitrogens with one attached hydrogen (secondary N) is 1. The molecule has 2 heterocycles. The second-order valence-electron chi connectivity index (χ2n) is 8.60. The van der Waals surface area contributed by atoms with Crippen LogP contribution in [0.25, 0.3) is 22.4 Å². The Labute approximate surface area is 174 Å². The van der Waals surface area contributed by atoms with Crippen LogP contribution in [0.3, 0.4) is 0 Å². The van der Waals surface area contributed by atoms with Crippen molar-refractivity contribution in [2.45, 2.75) is 51.2 Å². The van der Waals surface area contributed by atoms with E-state index in [0.29, 0.717) is 22.5 Å². The minimum atomic E-state index is -0.683. The molecule has 0 radical (unpaired) electrons. The maximum atomic E-state index is 13.7. The molecule has 3 aromatic rings. The number of amides is 1. The topological polar surface area (TPSA) is 92.9 Å². The van der Waals surface area contributed by atoms with Gasteiger partial charge in [0.05, 0.1) is 16.7 Å². The Morgan fingerprint density at radius 2 is 1.87 bits per heavy atom. The number of hydrogen-bond acceptors (Lipinski definition) is 5. The Morgan fingerprint density at radius 1 is 1.20 bits per heavy atom. The second-order valence-corrected chi connectivity index (χ2v) is 8.60. The minimum absolute atomic E-state index is 0.0819. The molecular weight excluding hydrogens is 385 g/mol. The van der Waals surface area contributed by atoms with Crippen LogP contribution in [0.5, 0.6) is 0 Å². The lowest BCUT2D eigenvalue weighted by Crippen LogP contribution is -2.41. The zero-order chi connectivity index (χ0) is 21.5. The number of halogens is 1. The molecule has 1 saturated carbocycles. The van der Waals surface area contributed by atoms with Gasteiger partial charge in [0.1, 0.15) is 11.5 Å². The molecule has 0 unspecified atom stereocenters. The number of carbonyl (C=O) groups excluding carboxylic acids is 1. The average molecular weight is 411 g/mol. The van der Waals surface area contributed by atoms with Crippen LogP contribution in [0.15, 0.2) is 30.6 Å². The number of benzene rings is 1. The predicted octanol–water partition coefficient (Wildman–Crippen LogP) is 3.23. The highest BCUT2D eigenvalue weighted by molar-refractivity contribution is 5.94. The number of carbonyl (C=O) groups is 1. The number of nitrogens with zero attached hydrogens (tertiary/aromatic N) is 4. The summed E-state index contributed by atoms with van der Waals surface area (Å²) in [5, 5.41) is 18.2. The van der Waals surface area contributed by atoms with Crippen LogP contribution in [-0.4, -0.2) is 42.4 Å². The minimum Gasteiger partial charge on any atom is -0.390 e. The lowest BCUT2D eigenvalue weighted by molar-refractivity contribution is -0.00257. The maximum absolute atomic E-state index is 13.7. The highest BCUT2D eigenvalue weighted by Gasteiger charge is 2.31. The molecule has 8 heteroatoms. The molecule has 1 aliphatic carbocycles. The molecule has 158 valence electrons. The Kier molecular flexibility index (Phi) is 5.27. The van der Waals surface area contributed by atoms with Crippen LogP contribution in [0.2, 0.25) is 0 Å². The molecule has 7 nitrogen and oxygen atoms in total. The van der Waals surface area contributed by atoms with Gasteiger partial charge in [-0.1, -0.05) is 0 Å². The average Bonchev–Trinajstić information content (AvgIpc) is 3.03. The van der Waals surface area contributed by atoms with Crippen molar-refractivity contribution >= 4 is 16.8 Å². The quantitative estimate of drug-likeness (QED) is 0.688. The van der Waals surface area contributed by atoms with Crippen molar-refractivity contribution in [2.24, 2.45) is 13.0 Å². The lowest BCUT2D eigenvalue weighted by atomic mass is 9.77. The summed E-state index contributed by atoms with van der Waals surface area (Å²) in [7, 11) is 1.78. The van der Waals surface area contributed by atoms with E-state index in [9.17, 15) is 14.3 Å². The van der Waals surface area contributed by atoms with Gasteiger partial charge >= 0.3 is 0 Å². The first kappa shape index (κ1) is 20.4. The van der Waals surface area contributed by atoms with E-state index in [1.807, 2.05) is 13.8 Å². The Morgan fingerprint density at radius 3 is 2.50 bits per heavy atom. The van der Waals surface area contributed by atoms with Crippen LogP contribution in [-0.2, 0) is 7.05 Å². The van der Waals surface area contributed by atoms with Crippen LogP contribution < -0.4 is 5.32 Å². The second kappa shape index (κ2) is 7.75. The number of aryl methyl sites for hydroxylation is 1. The van der Waals surface area contributed by atoms with E-state index in [4.69, 9.17) is 0 Å². The fraction of sp³-hybridized carbons (Fsp3) is 0.455. The number of aromatic nitrogens is 4. The number of rotatable bonds is 4. The molecule has 2 aromatic heterocycles. The smallest absolute Gasteiger partial charge is 0.254 e. The first-order valence-electron chi connectivity index (χ1n) is 10.2. The van der Waals surface area contributed by atoms with Gasteiger partial charge in [0.2, 0.25) is 0 Å². The van der Waals surface area contributed by atoms with Crippen LogP contribution >= 0.6 is 0 Å². The van der Waals surface area contributed by atoms with E-state index in [2.05, 4.69) is 20.4 Å². The molecule has 1 fully saturated rings. The number of hydrogen-bond donors (Lipinski definition) is 2. The lowest BCUT2D eigenvalue weighted by Gasteiger charge is -2.36. The summed E-state index contributed by atoms with van der Waals surface area (Å²) in [6, 6.07) is 4.54. The number of fused-ring (bicyclic) bond motifs is 1. The Bertz CT molecular complexity index is 1060. The molecule has 0 spiro atoms. The molecule has 0 aliphatic heterocycles. The van der Waals surface area contributed by atoms with Crippen molar-refractivity contribution in [2.75, 3.05) is 0 Å². The molecule has 1 aromatic carbocycles. The van der Waals surface area contributed by atoms with Gasteiger partial charge in [-0.2, -0.15) is 5.10 Å². The van der Waals surface area contributed by atoms with Crippen LogP contribution in [0.4, 0.5) is 4.39 Å². The normalized spacial score (nSPS) is 19.8. The fourth-order valence-electron chi connectivity index (χ4n) is 4.18. The molecule has 4 rings (SSSR count). The third-order valence-electron chi connectivity index (χ3n) is 6.00. The van der Waals surface area contributed by atoms with Crippen molar-refractivity contribution < 1.29 is 14.3 Å². The molecule has 0 bridgehead atoms. The van der Waals surface area contributed by atoms with Gasteiger partial charge in [-0.3, -0.25) is 9.48 Å². The molecular formula is C22H26FN5O2. The van der Waals surface area contributed by atoms with Gasteiger partial charge in [0, 0.05) is 30.9 Å². The molecule has 1 amide bonds. The van der Waals surface area contributed by atoms with Crippen molar-refractivity contribution in [1.29, 1.82) is 0 Å². The first-order chi connectivity index (χ1) is 14.2. The van der Waals surface area contributed by atoms with Gasteiger partial charge in [-0.05, 0) is 63.6 Å². The zero-order valence-corrected chi connectivity index (χ0v) is 17.4. The fourth-order valence-corrected chi connectivity index (χ4v) is 4.18. The first-order valence-corrected chi connectivity index (χ1v) is 10.2. The van der Waals surface area contributed by atoms with Crippen molar-refractivity contribution in [1.82, 2.24) is 25.1 Å². The van der Waals surface area contributed by atoms with Gasteiger partial charge in [-0.15, -0.1) is 0 Å². The number of aliphatic hydroxyl groups is 1. The third kappa shape index (κ3) is 4.05. The van der Waals surface area contributed by atoms with E-state index in [1.165, 1.54) is 24.5 Å². The van der Waals surface area contributed by atoms with Gasteiger partial charge < -0.3 is 10.4 Å². The Balaban J connectivity index is 1.46. The predicted molar refractivity (Wildman–Crippen MR) is 111 cm³/mol. The van der Waals surface area contributed by atoms with Crippen molar-refractivity contribution in [3.05, 3.63) is 42.0 Å². The van der Waals surface area contributed by atoms with Gasteiger partial charge in [0.15, 0.2) is 5.82 Å². The molecule has 30 heavy (non-hydrogen) atoms. The zero-order valence-electron chi connectivity index (χ0n) is 17.4. The molecule has 1 aliphatic rings. The van der Waals surface area contributed by atoms with Crippen molar-refractivity contribution in [3.63, 3.8) is 0 Å². The molecule has 0 saturated heterocycles. The van der Waals surface area contributed by atoms with E-state index in [-0.39, 0.29) is 23.7 Å². The van der Waals surface area contributed by atoms with Crippen molar-refractivity contribution in [3.8, 4) is 11.5 Å². The summed E-state index contributed by atoms with van der Waals surface area (Å²) in [5.74, 6) is 0.0250. The highest BCUT2D eigenvalue weighted by Crippen LogP contribution is 2.32. The summed E-state index contributed by atoms with van der Waals surface area (Å²) >= 11 is 0. The summed E-state index contributed by atoms with van der Waals surface area (Å²) in [6.45, 7) is 3.68. The molecule has 2 N–H and O–H groups in total.